The lowest BCUT2D eigenvalue weighted by atomic mass is 10.1. The van der Waals surface area contributed by atoms with Gasteiger partial charge in [0.15, 0.2) is 0 Å². The number of nitrogens with one attached hydrogen (secondary N) is 1. The van der Waals surface area contributed by atoms with Gasteiger partial charge < -0.3 is 5.32 Å². The fraction of sp³-hybridized carbons (Fsp3) is 0.200. The van der Waals surface area contributed by atoms with Crippen molar-refractivity contribution < 1.29 is 13.2 Å². The predicted octanol–water partition coefficient (Wildman–Crippen LogP) is 4.72. The van der Waals surface area contributed by atoms with Gasteiger partial charge in [-0.15, -0.1) is 0 Å². The van der Waals surface area contributed by atoms with Crippen molar-refractivity contribution in [3.05, 3.63) is 69.4 Å². The molecule has 1 atom stereocenters. The average molecular weight is 344 g/mol. The number of hydrogen-bond donors (Lipinski definition) is 1. The van der Waals surface area contributed by atoms with E-state index in [1.807, 2.05) is 0 Å². The van der Waals surface area contributed by atoms with Gasteiger partial charge in [-0.1, -0.05) is 12.1 Å². The molecule has 2 aromatic rings. The van der Waals surface area contributed by atoms with Gasteiger partial charge in [-0.3, -0.25) is 0 Å². The molecule has 0 bridgehead atoms. The van der Waals surface area contributed by atoms with E-state index < -0.39 is 11.6 Å². The summed E-state index contributed by atoms with van der Waals surface area (Å²) in [6.07, 6.45) is 0. The summed E-state index contributed by atoms with van der Waals surface area (Å²) >= 11 is 3.08. The Bertz CT molecular complexity index is 616. The molecule has 106 valence electrons. The van der Waals surface area contributed by atoms with E-state index in [-0.39, 0.29) is 11.9 Å². The topological polar surface area (TPSA) is 12.0 Å². The first kappa shape index (κ1) is 15.1. The Hall–Kier alpha value is -1.33. The molecule has 1 N–H and O–H groups in total. The molecule has 0 saturated carbocycles. The summed E-state index contributed by atoms with van der Waals surface area (Å²) in [7, 11) is 0. The summed E-state index contributed by atoms with van der Waals surface area (Å²) in [6, 6.07) is 7.98. The highest BCUT2D eigenvalue weighted by atomic mass is 79.9. The third-order valence-electron chi connectivity index (χ3n) is 3.03. The smallest absolute Gasteiger partial charge is 0.137 e. The van der Waals surface area contributed by atoms with Gasteiger partial charge in [-0.25, -0.2) is 13.2 Å². The van der Waals surface area contributed by atoms with Crippen LogP contribution >= 0.6 is 15.9 Å². The molecule has 0 aliphatic heterocycles. The lowest BCUT2D eigenvalue weighted by Gasteiger charge is -2.15. The van der Waals surface area contributed by atoms with E-state index in [9.17, 15) is 13.2 Å². The summed E-state index contributed by atoms with van der Waals surface area (Å²) in [5, 5.41) is 3.08. The molecule has 5 heteroatoms. The van der Waals surface area contributed by atoms with Crippen LogP contribution in [0.5, 0.6) is 0 Å². The molecule has 0 aliphatic rings. The highest BCUT2D eigenvalue weighted by Crippen LogP contribution is 2.20. The molecule has 0 amide bonds. The second kappa shape index (κ2) is 6.41. The number of halogens is 4. The number of rotatable bonds is 4. The average Bonchev–Trinajstić information content (AvgIpc) is 2.40. The summed E-state index contributed by atoms with van der Waals surface area (Å²) in [5.41, 5.74) is 1.13. The van der Waals surface area contributed by atoms with Crippen molar-refractivity contribution in [2.75, 3.05) is 0 Å². The minimum Gasteiger partial charge on any atom is -0.306 e. The van der Waals surface area contributed by atoms with Gasteiger partial charge in [0.2, 0.25) is 0 Å². The monoisotopic (exact) mass is 343 g/mol. The molecule has 0 saturated heterocycles. The predicted molar refractivity (Wildman–Crippen MR) is 75.7 cm³/mol. The Morgan fingerprint density at radius 3 is 2.45 bits per heavy atom. The first-order chi connectivity index (χ1) is 9.47. The van der Waals surface area contributed by atoms with Crippen LogP contribution in [0.25, 0.3) is 0 Å². The Morgan fingerprint density at radius 2 is 1.80 bits per heavy atom. The molecule has 0 aromatic heterocycles. The molecule has 2 rings (SSSR count). The lowest BCUT2D eigenvalue weighted by molar-refractivity contribution is 0.516. The van der Waals surface area contributed by atoms with Crippen molar-refractivity contribution in [2.45, 2.75) is 19.5 Å². The van der Waals surface area contributed by atoms with E-state index in [0.29, 0.717) is 16.6 Å². The van der Waals surface area contributed by atoms with Crippen molar-refractivity contribution in [3.63, 3.8) is 0 Å². The second-order valence-electron chi connectivity index (χ2n) is 4.52. The van der Waals surface area contributed by atoms with Crippen molar-refractivity contribution in [3.8, 4) is 0 Å². The van der Waals surface area contributed by atoms with Crippen LogP contribution in [0.3, 0.4) is 0 Å². The van der Waals surface area contributed by atoms with Crippen LogP contribution in [-0.2, 0) is 6.54 Å². The van der Waals surface area contributed by atoms with Crippen molar-refractivity contribution in [1.29, 1.82) is 0 Å². The van der Waals surface area contributed by atoms with E-state index in [4.69, 9.17) is 0 Å². The van der Waals surface area contributed by atoms with E-state index in [0.717, 1.165) is 11.6 Å². The third kappa shape index (κ3) is 3.61. The zero-order valence-corrected chi connectivity index (χ0v) is 12.3. The molecule has 0 fully saturated rings. The molecule has 0 aliphatic carbocycles. The summed E-state index contributed by atoms with van der Waals surface area (Å²) in [4.78, 5) is 0. The van der Waals surface area contributed by atoms with Gasteiger partial charge >= 0.3 is 0 Å². The fourth-order valence-corrected chi connectivity index (χ4v) is 2.13. The normalized spacial score (nSPS) is 12.4. The number of benzene rings is 2. The van der Waals surface area contributed by atoms with Crippen molar-refractivity contribution in [1.82, 2.24) is 5.32 Å². The summed E-state index contributed by atoms with van der Waals surface area (Å²) in [6.45, 7) is 2.16. The minimum atomic E-state index is -0.603. The zero-order chi connectivity index (χ0) is 14.7. The standard InChI is InChI=1S/C15H13BrF3N/c1-9(12-4-3-11(17)7-14(12)18)20-8-10-2-5-13(16)15(19)6-10/h2-7,9,20H,8H2,1H3. The molecule has 2 aromatic carbocycles. The van der Waals surface area contributed by atoms with E-state index in [2.05, 4.69) is 21.2 Å². The minimum absolute atomic E-state index is 0.303. The van der Waals surface area contributed by atoms with Gasteiger partial charge in [0.1, 0.15) is 17.5 Å². The summed E-state index contributed by atoms with van der Waals surface area (Å²) in [5.74, 6) is -1.54. The summed E-state index contributed by atoms with van der Waals surface area (Å²) < 4.78 is 40.2. The first-order valence-corrected chi connectivity index (χ1v) is 6.89. The molecule has 1 unspecified atom stereocenters. The highest BCUT2D eigenvalue weighted by molar-refractivity contribution is 9.10. The van der Waals surface area contributed by atoms with Crippen LogP contribution in [0, 0.1) is 17.5 Å². The van der Waals surface area contributed by atoms with Crippen LogP contribution in [-0.4, -0.2) is 0 Å². The van der Waals surface area contributed by atoms with Crippen LogP contribution in [0.15, 0.2) is 40.9 Å². The van der Waals surface area contributed by atoms with E-state index in [1.54, 1.807) is 19.1 Å². The maximum absolute atomic E-state index is 13.6. The third-order valence-corrected chi connectivity index (χ3v) is 3.67. The van der Waals surface area contributed by atoms with Gasteiger partial charge in [0.05, 0.1) is 4.47 Å². The van der Waals surface area contributed by atoms with Crippen molar-refractivity contribution >= 4 is 15.9 Å². The highest BCUT2D eigenvalue weighted by Gasteiger charge is 2.11. The van der Waals surface area contributed by atoms with E-state index in [1.165, 1.54) is 18.2 Å². The Labute approximate surface area is 123 Å². The van der Waals surface area contributed by atoms with Crippen LogP contribution < -0.4 is 5.32 Å². The molecule has 0 spiro atoms. The number of hydrogen-bond acceptors (Lipinski definition) is 1. The SMILES string of the molecule is CC(NCc1ccc(Br)c(F)c1)c1ccc(F)cc1F. The molecule has 1 nitrogen and oxygen atoms in total. The van der Waals surface area contributed by atoms with Gasteiger partial charge in [-0.2, -0.15) is 0 Å². The quantitative estimate of drug-likeness (QED) is 0.847. The molecule has 0 radical (unpaired) electrons. The molecule has 0 heterocycles. The Kier molecular flexibility index (Phi) is 4.83. The largest absolute Gasteiger partial charge is 0.306 e. The maximum atomic E-state index is 13.6. The maximum Gasteiger partial charge on any atom is 0.137 e. The van der Waals surface area contributed by atoms with E-state index >= 15 is 0 Å². The van der Waals surface area contributed by atoms with Crippen molar-refractivity contribution in [2.24, 2.45) is 0 Å². The molecular formula is C15H13BrF3N. The van der Waals surface area contributed by atoms with Crippen LogP contribution in [0.2, 0.25) is 0 Å². The van der Waals surface area contributed by atoms with Gasteiger partial charge in [-0.05, 0) is 46.6 Å². The zero-order valence-electron chi connectivity index (χ0n) is 10.8. The molecular weight excluding hydrogens is 331 g/mol. The van der Waals surface area contributed by atoms with Crippen LogP contribution in [0.4, 0.5) is 13.2 Å². The second-order valence-corrected chi connectivity index (χ2v) is 5.37. The Balaban J connectivity index is 2.04. The van der Waals surface area contributed by atoms with Gasteiger partial charge in [0, 0.05) is 24.2 Å². The Morgan fingerprint density at radius 1 is 1.05 bits per heavy atom. The lowest BCUT2D eigenvalue weighted by Crippen LogP contribution is -2.19. The first-order valence-electron chi connectivity index (χ1n) is 6.09. The van der Waals surface area contributed by atoms with Gasteiger partial charge in [0.25, 0.3) is 0 Å². The molecule has 20 heavy (non-hydrogen) atoms. The fourth-order valence-electron chi connectivity index (χ4n) is 1.88. The van der Waals surface area contributed by atoms with Crippen LogP contribution in [0.1, 0.15) is 24.1 Å².